The minimum Gasteiger partial charge on any atom is -0.0887 e. The van der Waals surface area contributed by atoms with Crippen LogP contribution in [0.15, 0.2) is 194 Å². The Hall–Kier alpha value is -5.12. The van der Waals surface area contributed by atoms with E-state index in [9.17, 15) is 0 Å². The van der Waals surface area contributed by atoms with Crippen molar-refractivity contribution in [2.75, 3.05) is 0 Å². The van der Waals surface area contributed by atoms with E-state index in [1.54, 1.807) is 0 Å². The van der Waals surface area contributed by atoms with Gasteiger partial charge in [0.15, 0.2) is 0 Å². The first-order valence-electron chi connectivity index (χ1n) is 16.3. The van der Waals surface area contributed by atoms with Crippen molar-refractivity contribution in [3.8, 4) is 11.1 Å². The maximum atomic E-state index is 5.20. The zero-order valence-electron chi connectivity index (χ0n) is 26.8. The summed E-state index contributed by atoms with van der Waals surface area (Å²) in [5.41, 5.74) is 2.43. The molecule has 0 saturated heterocycles. The van der Waals surface area contributed by atoms with Gasteiger partial charge >= 0.3 is 0 Å². The van der Waals surface area contributed by atoms with E-state index < -0.39 is 13.8 Å². The fourth-order valence-corrected chi connectivity index (χ4v) is 13.2. The number of hydrogen-bond donors (Lipinski definition) is 0. The average Bonchev–Trinajstić information content (AvgIpc) is 3.18. The third-order valence-electron chi connectivity index (χ3n) is 9.65. The quantitative estimate of drug-likeness (QED) is 0.119. The summed E-state index contributed by atoms with van der Waals surface area (Å²) in [7, 11) is 0. The van der Waals surface area contributed by atoms with Crippen LogP contribution in [0.4, 0.5) is 0 Å². The largest absolute Gasteiger partial charge is 0.0887 e. The van der Waals surface area contributed by atoms with Gasteiger partial charge in [0.1, 0.15) is 0 Å². The second kappa shape index (κ2) is 12.5. The van der Waals surface area contributed by atoms with Crippen LogP contribution in [0.2, 0.25) is 0 Å². The van der Waals surface area contributed by atoms with E-state index in [-0.39, 0.29) is 0 Å². The molecular formula is C46H36P2. The zero-order chi connectivity index (χ0) is 32.6. The summed E-state index contributed by atoms with van der Waals surface area (Å²) in [4.78, 5) is 0. The first kappa shape index (κ1) is 30.2. The fourth-order valence-electron chi connectivity index (χ4n) is 7.11. The molecule has 0 aliphatic carbocycles. The molecular weight excluding hydrogens is 614 g/mol. The van der Waals surface area contributed by atoms with Crippen LogP contribution in [0.5, 0.6) is 0 Å². The first-order valence-corrected chi connectivity index (χ1v) is 20.3. The highest BCUT2D eigenvalue weighted by atomic mass is 31.2. The van der Waals surface area contributed by atoms with Crippen LogP contribution in [-0.4, -0.2) is 12.6 Å². The lowest BCUT2D eigenvalue weighted by Gasteiger charge is -2.31. The van der Waals surface area contributed by atoms with Crippen LogP contribution < -0.4 is 31.8 Å². The third kappa shape index (κ3) is 5.10. The van der Waals surface area contributed by atoms with E-state index in [1.165, 1.54) is 64.5 Å². The summed E-state index contributed by atoms with van der Waals surface area (Å²) in [5, 5.41) is 12.6. The molecule has 0 atom stereocenters. The van der Waals surface area contributed by atoms with Gasteiger partial charge in [-0.3, -0.25) is 0 Å². The van der Waals surface area contributed by atoms with E-state index in [0.29, 0.717) is 0 Å². The van der Waals surface area contributed by atoms with E-state index in [2.05, 4.69) is 194 Å². The van der Waals surface area contributed by atoms with Crippen molar-refractivity contribution in [3.63, 3.8) is 0 Å². The molecule has 0 unspecified atom stereocenters. The summed E-state index contributed by atoms with van der Waals surface area (Å²) >= 11 is 0. The monoisotopic (exact) mass is 650 g/mol. The Morgan fingerprint density at radius 1 is 0.292 bits per heavy atom. The number of benzene rings is 8. The van der Waals surface area contributed by atoms with E-state index in [4.69, 9.17) is 12.6 Å². The molecule has 8 aromatic carbocycles. The molecule has 0 aliphatic rings. The maximum Gasteiger partial charge on any atom is -0.00986 e. The van der Waals surface area contributed by atoms with E-state index in [0.717, 1.165) is 0 Å². The molecule has 0 heterocycles. The van der Waals surface area contributed by atoms with Crippen LogP contribution >= 0.6 is 13.8 Å². The minimum atomic E-state index is -2.32. The highest BCUT2D eigenvalue weighted by Crippen LogP contribution is 2.47. The number of fused-ring (bicyclic) bond motifs is 3. The van der Waals surface area contributed by atoms with Gasteiger partial charge in [-0.25, -0.2) is 0 Å². The summed E-state index contributed by atoms with van der Waals surface area (Å²) in [6.07, 6.45) is 10.4. The van der Waals surface area contributed by atoms with E-state index >= 15 is 0 Å². The van der Waals surface area contributed by atoms with Crippen molar-refractivity contribution in [1.82, 2.24) is 0 Å². The molecule has 0 aromatic heterocycles. The summed E-state index contributed by atoms with van der Waals surface area (Å²) in [5.74, 6) is 0. The Balaban J connectivity index is 1.52. The summed E-state index contributed by atoms with van der Waals surface area (Å²) in [6.45, 7) is -4.64. The van der Waals surface area contributed by atoms with Crippen LogP contribution in [0, 0.1) is 0 Å². The Morgan fingerprint density at radius 3 is 1.08 bits per heavy atom. The Morgan fingerprint density at radius 2 is 0.646 bits per heavy atom. The molecule has 0 spiro atoms. The lowest BCUT2D eigenvalue weighted by atomic mass is 9.93. The standard InChI is InChI=1S/C46H36P2/c1-47(37-20-7-3-8-21-37,38-22-9-4-10-23-38)41-31-36(46-33-35-19-15-16-28-43(35)44-29-17-18-30-45(44)46)32-42(34-41)48(2,39-24-11-5-12-25-39)40-26-13-6-14-27-40/h3-34H,1-2H2. The lowest BCUT2D eigenvalue weighted by Crippen LogP contribution is -2.31. The van der Waals surface area contributed by atoms with Gasteiger partial charge in [0, 0.05) is 0 Å². The van der Waals surface area contributed by atoms with Crippen molar-refractivity contribution < 1.29 is 0 Å². The predicted molar refractivity (Wildman–Crippen MR) is 219 cm³/mol. The van der Waals surface area contributed by atoms with Crippen LogP contribution in [0.3, 0.4) is 0 Å². The van der Waals surface area contributed by atoms with Crippen molar-refractivity contribution in [1.29, 1.82) is 0 Å². The van der Waals surface area contributed by atoms with Gasteiger partial charge in [0.2, 0.25) is 0 Å². The molecule has 0 aliphatic heterocycles. The van der Waals surface area contributed by atoms with Crippen molar-refractivity contribution in [2.45, 2.75) is 0 Å². The van der Waals surface area contributed by atoms with Crippen LogP contribution in [-0.2, 0) is 0 Å². The Labute approximate surface area is 283 Å². The average molecular weight is 651 g/mol. The Kier molecular flexibility index (Phi) is 7.86. The minimum absolute atomic E-state index is 1.20. The van der Waals surface area contributed by atoms with Gasteiger partial charge in [0.25, 0.3) is 0 Å². The molecule has 0 amide bonds. The summed E-state index contributed by atoms with van der Waals surface area (Å²) in [6, 6.07) is 70.9. The predicted octanol–water partition coefficient (Wildman–Crippen LogP) is 9.11. The second-order valence-corrected chi connectivity index (χ2v) is 18.7. The molecule has 48 heavy (non-hydrogen) atoms. The van der Waals surface area contributed by atoms with Crippen molar-refractivity contribution >= 4 is 79.7 Å². The molecule has 8 aromatic rings. The highest BCUT2D eigenvalue weighted by molar-refractivity contribution is 7.94. The van der Waals surface area contributed by atoms with Gasteiger partial charge in [-0.2, -0.15) is 0 Å². The lowest BCUT2D eigenvalue weighted by molar-refractivity contribution is 1.70. The number of hydrogen-bond acceptors (Lipinski definition) is 0. The molecule has 0 saturated carbocycles. The van der Waals surface area contributed by atoms with Gasteiger partial charge < -0.3 is 0 Å². The van der Waals surface area contributed by atoms with Crippen LogP contribution in [0.1, 0.15) is 0 Å². The maximum absolute atomic E-state index is 5.20. The number of rotatable bonds is 7. The van der Waals surface area contributed by atoms with E-state index in [1.807, 2.05) is 0 Å². The zero-order valence-corrected chi connectivity index (χ0v) is 28.6. The van der Waals surface area contributed by atoms with Crippen molar-refractivity contribution in [3.05, 3.63) is 194 Å². The molecule has 230 valence electrons. The molecule has 8 rings (SSSR count). The molecule has 0 N–H and O–H groups in total. The third-order valence-corrected chi connectivity index (χ3v) is 16.6. The first-order chi connectivity index (χ1) is 23.6. The van der Waals surface area contributed by atoms with Gasteiger partial charge in [-0.05, 0) is 103 Å². The fraction of sp³-hybridized carbons (Fsp3) is 0. The van der Waals surface area contributed by atoms with Crippen molar-refractivity contribution in [2.24, 2.45) is 0 Å². The molecule has 0 nitrogen and oxygen atoms in total. The van der Waals surface area contributed by atoms with Crippen LogP contribution in [0.25, 0.3) is 32.7 Å². The topological polar surface area (TPSA) is 0 Å². The molecule has 0 fully saturated rings. The van der Waals surface area contributed by atoms with Gasteiger partial charge in [-0.1, -0.05) is 182 Å². The SMILES string of the molecule is C=P(c1ccccc1)(c1ccccc1)c1cc(-c2cc3ccccc3c3ccccc23)cc(P(=C)(c2ccccc2)c2ccccc2)c1. The normalized spacial score (nSPS) is 11.9. The smallest absolute Gasteiger partial charge is 0.00986 e. The Bertz CT molecular complexity index is 2280. The molecule has 0 radical (unpaired) electrons. The second-order valence-electron chi connectivity index (χ2n) is 12.4. The summed E-state index contributed by atoms with van der Waals surface area (Å²) < 4.78 is 0. The van der Waals surface area contributed by atoms with Gasteiger partial charge in [-0.15, -0.1) is 0 Å². The molecule has 2 heteroatoms. The van der Waals surface area contributed by atoms with Gasteiger partial charge in [0.05, 0.1) is 0 Å². The highest BCUT2D eigenvalue weighted by Gasteiger charge is 2.28. The molecule has 0 bridgehead atoms.